The van der Waals surface area contributed by atoms with Crippen LogP contribution in [0.15, 0.2) is 40.5 Å². The van der Waals surface area contributed by atoms with Crippen LogP contribution in [-0.4, -0.2) is 45.2 Å². The van der Waals surface area contributed by atoms with Crippen LogP contribution in [-0.2, 0) is 11.6 Å². The van der Waals surface area contributed by atoms with Gasteiger partial charge in [-0.05, 0) is 37.4 Å². The van der Waals surface area contributed by atoms with Gasteiger partial charge in [0.2, 0.25) is 0 Å². The molecule has 2 aliphatic rings. The van der Waals surface area contributed by atoms with E-state index in [0.717, 1.165) is 56.2 Å². The molecule has 1 aliphatic carbocycles. The average molecular weight is 396 g/mol. The van der Waals surface area contributed by atoms with Crippen LogP contribution in [0.5, 0.6) is 0 Å². The molecule has 1 saturated carbocycles. The number of H-pyrrole nitrogens is 1. The van der Waals surface area contributed by atoms with Crippen molar-refractivity contribution < 1.29 is 13.2 Å². The van der Waals surface area contributed by atoms with Crippen LogP contribution in [0.3, 0.4) is 0 Å². The first-order chi connectivity index (χ1) is 12.9. The number of nitrogens with one attached hydrogen (secondary N) is 1. The minimum absolute atomic E-state index is 0.0660. The molecule has 0 aromatic carbocycles. The van der Waals surface area contributed by atoms with E-state index in [1.165, 1.54) is 24.0 Å². The fourth-order valence-corrected chi connectivity index (χ4v) is 4.67. The van der Waals surface area contributed by atoms with Crippen LogP contribution in [0.25, 0.3) is 0 Å². The Kier molecular flexibility index (Phi) is 4.75. The van der Waals surface area contributed by atoms with Crippen LogP contribution in [0, 0.1) is 5.92 Å². The van der Waals surface area contributed by atoms with Gasteiger partial charge in [-0.1, -0.05) is 11.8 Å². The molecule has 0 amide bonds. The largest absolute Gasteiger partial charge is 0.417 e. The molecule has 1 N–H and O–H groups in total. The van der Waals surface area contributed by atoms with E-state index < -0.39 is 11.7 Å². The smallest absolute Gasteiger partial charge is 0.302 e. The molecule has 2 aromatic heterocycles. The molecule has 0 spiro atoms. The van der Waals surface area contributed by atoms with Crippen LogP contribution < -0.4 is 5.56 Å². The molecule has 5 nitrogen and oxygen atoms in total. The number of fused-ring (bicyclic) bond motifs is 1. The number of piperidine rings is 1. The molecule has 2 unspecified atom stereocenters. The van der Waals surface area contributed by atoms with E-state index in [4.69, 9.17) is 0 Å². The van der Waals surface area contributed by atoms with Crippen molar-refractivity contribution >= 4 is 11.8 Å². The molecule has 2 fully saturated rings. The number of aromatic amines is 1. The van der Waals surface area contributed by atoms with E-state index in [1.54, 1.807) is 6.07 Å². The van der Waals surface area contributed by atoms with Gasteiger partial charge in [0.1, 0.15) is 0 Å². The highest BCUT2D eigenvalue weighted by Crippen LogP contribution is 2.58. The zero-order valence-electron chi connectivity index (χ0n) is 14.5. The fraction of sp³-hybridized carbons (Fsp3) is 0.500. The van der Waals surface area contributed by atoms with E-state index in [2.05, 4.69) is 19.9 Å². The molecule has 2 aromatic rings. The third kappa shape index (κ3) is 3.89. The van der Waals surface area contributed by atoms with E-state index in [-0.39, 0.29) is 11.0 Å². The number of nitrogens with zero attached hydrogens (tertiary/aromatic N) is 3. The van der Waals surface area contributed by atoms with Crippen molar-refractivity contribution in [3.63, 3.8) is 0 Å². The first-order valence-corrected chi connectivity index (χ1v) is 9.80. The Bertz CT molecular complexity index is 870. The monoisotopic (exact) mass is 396 g/mol. The van der Waals surface area contributed by atoms with Gasteiger partial charge in [0.05, 0.1) is 5.56 Å². The van der Waals surface area contributed by atoms with Crippen LogP contribution >= 0.6 is 11.8 Å². The molecule has 0 radical (unpaired) electrons. The number of aromatic nitrogens is 3. The number of hydrogen-bond donors (Lipinski definition) is 1. The molecule has 9 heteroatoms. The van der Waals surface area contributed by atoms with Gasteiger partial charge >= 0.3 is 6.18 Å². The summed E-state index contributed by atoms with van der Waals surface area (Å²) in [5.74, 6) is 1.33. The summed E-state index contributed by atoms with van der Waals surface area (Å²) >= 11 is 1.52. The van der Waals surface area contributed by atoms with E-state index in [1.807, 2.05) is 0 Å². The average Bonchev–Trinajstić information content (AvgIpc) is 3.20. The molecule has 1 aliphatic heterocycles. The Morgan fingerprint density at radius 1 is 1.30 bits per heavy atom. The summed E-state index contributed by atoms with van der Waals surface area (Å²) in [7, 11) is 0. The van der Waals surface area contributed by atoms with Crippen LogP contribution in [0.1, 0.15) is 24.1 Å². The summed E-state index contributed by atoms with van der Waals surface area (Å²) in [5, 5.41) is 0.622. The quantitative estimate of drug-likeness (QED) is 0.462. The Balaban J connectivity index is 1.28. The number of halogens is 3. The van der Waals surface area contributed by atoms with Crippen LogP contribution in [0.2, 0.25) is 0 Å². The van der Waals surface area contributed by atoms with Crippen LogP contribution in [0.4, 0.5) is 13.2 Å². The van der Waals surface area contributed by atoms with Gasteiger partial charge in [-0.2, -0.15) is 13.2 Å². The fourth-order valence-electron chi connectivity index (χ4n) is 3.89. The second kappa shape index (κ2) is 6.94. The molecule has 2 atom stereocenters. The maximum atomic E-state index is 12.7. The third-order valence-corrected chi connectivity index (χ3v) is 6.30. The Morgan fingerprint density at radius 3 is 2.85 bits per heavy atom. The van der Waals surface area contributed by atoms with Crippen molar-refractivity contribution in [3.05, 3.63) is 52.2 Å². The second-order valence-corrected chi connectivity index (χ2v) is 8.25. The molecule has 27 heavy (non-hydrogen) atoms. The lowest BCUT2D eigenvalue weighted by molar-refractivity contribution is -0.137. The molecule has 4 rings (SSSR count). The number of likely N-dealkylation sites (tertiary alicyclic amines) is 1. The normalized spacial score (nSPS) is 24.8. The second-order valence-electron chi connectivity index (χ2n) is 7.16. The van der Waals surface area contributed by atoms with Crippen molar-refractivity contribution in [1.82, 2.24) is 19.9 Å². The molecule has 0 bridgehead atoms. The SMILES string of the molecule is O=c1ccnc(SCCCN2CC3CC3(c3ccc(C(F)(F)F)cn3)C2)[nH]1. The van der Waals surface area contributed by atoms with Gasteiger partial charge in [-0.15, -0.1) is 0 Å². The van der Waals surface area contributed by atoms with Gasteiger partial charge in [0, 0.05) is 48.4 Å². The van der Waals surface area contributed by atoms with E-state index in [0.29, 0.717) is 11.1 Å². The predicted molar refractivity (Wildman–Crippen MR) is 95.7 cm³/mol. The van der Waals surface area contributed by atoms with Gasteiger partial charge < -0.3 is 9.88 Å². The Morgan fingerprint density at radius 2 is 2.15 bits per heavy atom. The lowest BCUT2D eigenvalue weighted by atomic mass is 10.00. The molecular formula is C18H19F3N4OS. The zero-order valence-corrected chi connectivity index (χ0v) is 15.3. The van der Waals surface area contributed by atoms with E-state index in [9.17, 15) is 18.0 Å². The predicted octanol–water partition coefficient (Wildman–Crippen LogP) is 2.94. The molecule has 1 saturated heterocycles. The number of rotatable bonds is 6. The number of alkyl halides is 3. The summed E-state index contributed by atoms with van der Waals surface area (Å²) in [6.45, 7) is 2.73. The van der Waals surface area contributed by atoms with Crippen molar-refractivity contribution in [1.29, 1.82) is 0 Å². The summed E-state index contributed by atoms with van der Waals surface area (Å²) in [5.41, 5.74) is -0.135. The Hall–Kier alpha value is -1.87. The van der Waals surface area contributed by atoms with Gasteiger partial charge in [0.25, 0.3) is 5.56 Å². The van der Waals surface area contributed by atoms with Gasteiger partial charge in [0.15, 0.2) is 5.16 Å². The summed E-state index contributed by atoms with van der Waals surface area (Å²) < 4.78 is 38.1. The van der Waals surface area contributed by atoms with Crippen molar-refractivity contribution in [3.8, 4) is 0 Å². The standard InChI is InChI=1S/C18H19F3N4OS/c19-18(20,21)12-2-3-14(23-9-12)17-8-13(17)10-25(11-17)6-1-7-27-16-22-5-4-15(26)24-16/h2-5,9,13H,1,6-8,10-11H2,(H,22,24,26). The third-order valence-electron chi connectivity index (χ3n) is 5.32. The first-order valence-electron chi connectivity index (χ1n) is 8.81. The van der Waals surface area contributed by atoms with Crippen molar-refractivity contribution in [2.45, 2.75) is 29.6 Å². The lowest BCUT2D eigenvalue weighted by Gasteiger charge is -2.20. The van der Waals surface area contributed by atoms with Gasteiger partial charge in [-0.25, -0.2) is 4.98 Å². The minimum atomic E-state index is -4.34. The van der Waals surface area contributed by atoms with Crippen molar-refractivity contribution in [2.75, 3.05) is 25.4 Å². The highest BCUT2D eigenvalue weighted by atomic mass is 32.2. The Labute approximate surface area is 158 Å². The first kappa shape index (κ1) is 18.5. The number of hydrogen-bond acceptors (Lipinski definition) is 5. The zero-order chi connectivity index (χ0) is 19.1. The highest BCUT2D eigenvalue weighted by Gasteiger charge is 2.61. The molecule has 3 heterocycles. The highest BCUT2D eigenvalue weighted by molar-refractivity contribution is 7.99. The van der Waals surface area contributed by atoms with Crippen molar-refractivity contribution in [2.24, 2.45) is 5.92 Å². The maximum absolute atomic E-state index is 12.7. The number of thioether (sulfide) groups is 1. The topological polar surface area (TPSA) is 61.9 Å². The maximum Gasteiger partial charge on any atom is 0.417 e. The summed E-state index contributed by atoms with van der Waals surface area (Å²) in [6, 6.07) is 4.06. The summed E-state index contributed by atoms with van der Waals surface area (Å²) in [6.07, 6.45) is 0.0596. The molecule has 144 valence electrons. The lowest BCUT2D eigenvalue weighted by Crippen LogP contribution is -2.28. The summed E-state index contributed by atoms with van der Waals surface area (Å²) in [4.78, 5) is 24.5. The van der Waals surface area contributed by atoms with E-state index >= 15 is 0 Å². The molecular weight excluding hydrogens is 377 g/mol. The minimum Gasteiger partial charge on any atom is -0.302 e. The number of pyridine rings is 1. The van der Waals surface area contributed by atoms with Gasteiger partial charge in [-0.3, -0.25) is 9.78 Å².